The SMILES string of the molecule is O=C(CNCC1CC1)N1CCN2C(=O)CCC2C1. The molecule has 100 valence electrons. The highest BCUT2D eigenvalue weighted by molar-refractivity contribution is 5.81. The lowest BCUT2D eigenvalue weighted by Crippen LogP contribution is -2.54. The third-order valence-corrected chi connectivity index (χ3v) is 4.25. The Bertz CT molecular complexity index is 354. The summed E-state index contributed by atoms with van der Waals surface area (Å²) < 4.78 is 0. The van der Waals surface area contributed by atoms with Gasteiger partial charge in [-0.3, -0.25) is 9.59 Å². The van der Waals surface area contributed by atoms with Crippen LogP contribution in [0.15, 0.2) is 0 Å². The van der Waals surface area contributed by atoms with Crippen molar-refractivity contribution in [3.8, 4) is 0 Å². The van der Waals surface area contributed by atoms with Gasteiger partial charge in [-0.05, 0) is 31.7 Å². The van der Waals surface area contributed by atoms with Crippen molar-refractivity contribution >= 4 is 11.8 Å². The summed E-state index contributed by atoms with van der Waals surface area (Å²) in [6.07, 6.45) is 4.19. The number of amides is 2. The van der Waals surface area contributed by atoms with Crippen LogP contribution in [-0.2, 0) is 9.59 Å². The zero-order valence-corrected chi connectivity index (χ0v) is 10.7. The summed E-state index contributed by atoms with van der Waals surface area (Å²) in [5.41, 5.74) is 0. The monoisotopic (exact) mass is 251 g/mol. The van der Waals surface area contributed by atoms with Gasteiger partial charge in [0.05, 0.1) is 6.54 Å². The first-order valence-corrected chi connectivity index (χ1v) is 7.02. The molecular weight excluding hydrogens is 230 g/mol. The van der Waals surface area contributed by atoms with Crippen LogP contribution in [0.2, 0.25) is 0 Å². The summed E-state index contributed by atoms with van der Waals surface area (Å²) in [5, 5.41) is 3.24. The van der Waals surface area contributed by atoms with E-state index in [1.54, 1.807) is 0 Å². The van der Waals surface area contributed by atoms with Crippen LogP contribution in [-0.4, -0.2) is 60.4 Å². The van der Waals surface area contributed by atoms with E-state index in [4.69, 9.17) is 0 Å². The van der Waals surface area contributed by atoms with E-state index < -0.39 is 0 Å². The van der Waals surface area contributed by atoms with Gasteiger partial charge in [0, 0.05) is 32.1 Å². The van der Waals surface area contributed by atoms with Gasteiger partial charge in [-0.25, -0.2) is 0 Å². The molecule has 0 spiro atoms. The first-order chi connectivity index (χ1) is 8.74. The third-order valence-electron chi connectivity index (χ3n) is 4.25. The minimum atomic E-state index is 0.189. The van der Waals surface area contributed by atoms with E-state index in [-0.39, 0.29) is 17.9 Å². The van der Waals surface area contributed by atoms with Crippen LogP contribution < -0.4 is 5.32 Å². The molecular formula is C13H21N3O2. The van der Waals surface area contributed by atoms with E-state index in [0.29, 0.717) is 19.5 Å². The largest absolute Gasteiger partial charge is 0.338 e. The van der Waals surface area contributed by atoms with Gasteiger partial charge in [0.1, 0.15) is 0 Å². The first kappa shape index (κ1) is 12.0. The van der Waals surface area contributed by atoms with Crippen LogP contribution in [0.3, 0.4) is 0 Å². The third kappa shape index (κ3) is 2.51. The van der Waals surface area contributed by atoms with E-state index in [1.807, 2.05) is 9.80 Å². The predicted molar refractivity (Wildman–Crippen MR) is 66.9 cm³/mol. The fourth-order valence-electron chi connectivity index (χ4n) is 2.91. The molecule has 0 bridgehead atoms. The summed E-state index contributed by atoms with van der Waals surface area (Å²) in [7, 11) is 0. The molecule has 1 N–H and O–H groups in total. The van der Waals surface area contributed by atoms with Crippen LogP contribution in [0.25, 0.3) is 0 Å². The molecule has 0 aromatic rings. The number of hydrogen-bond acceptors (Lipinski definition) is 3. The van der Waals surface area contributed by atoms with E-state index >= 15 is 0 Å². The number of nitrogens with one attached hydrogen (secondary N) is 1. The minimum absolute atomic E-state index is 0.189. The molecule has 2 aliphatic heterocycles. The maximum absolute atomic E-state index is 12.0. The molecule has 1 unspecified atom stereocenters. The number of rotatable bonds is 4. The molecule has 5 nitrogen and oxygen atoms in total. The molecule has 2 heterocycles. The fraction of sp³-hybridized carbons (Fsp3) is 0.846. The molecule has 5 heteroatoms. The molecule has 3 fully saturated rings. The molecule has 0 aromatic carbocycles. The molecule has 1 saturated carbocycles. The quantitative estimate of drug-likeness (QED) is 0.754. The van der Waals surface area contributed by atoms with Crippen molar-refractivity contribution < 1.29 is 9.59 Å². The molecule has 1 atom stereocenters. The molecule has 3 rings (SSSR count). The summed E-state index contributed by atoms with van der Waals surface area (Å²) in [6.45, 7) is 3.59. The molecule has 2 saturated heterocycles. The number of fused-ring (bicyclic) bond motifs is 1. The number of carbonyl (C=O) groups excluding carboxylic acids is 2. The van der Waals surface area contributed by atoms with Gasteiger partial charge >= 0.3 is 0 Å². The topological polar surface area (TPSA) is 52.7 Å². The van der Waals surface area contributed by atoms with Gasteiger partial charge in [0.2, 0.25) is 11.8 Å². The van der Waals surface area contributed by atoms with Crippen LogP contribution in [0.4, 0.5) is 0 Å². The number of hydrogen-bond donors (Lipinski definition) is 1. The van der Waals surface area contributed by atoms with Gasteiger partial charge in [0.25, 0.3) is 0 Å². The van der Waals surface area contributed by atoms with Gasteiger partial charge in [-0.2, -0.15) is 0 Å². The predicted octanol–water partition coefficient (Wildman–Crippen LogP) is -0.181. The van der Waals surface area contributed by atoms with Crippen LogP contribution in [0.5, 0.6) is 0 Å². The molecule has 0 radical (unpaired) electrons. The average Bonchev–Trinajstić information content (AvgIpc) is 3.13. The Morgan fingerprint density at radius 1 is 1.28 bits per heavy atom. The highest BCUT2D eigenvalue weighted by atomic mass is 16.2. The van der Waals surface area contributed by atoms with Crippen molar-refractivity contribution in [3.63, 3.8) is 0 Å². The van der Waals surface area contributed by atoms with E-state index in [0.717, 1.165) is 32.0 Å². The molecule has 2 amide bonds. The maximum Gasteiger partial charge on any atom is 0.236 e. The Hall–Kier alpha value is -1.10. The highest BCUT2D eigenvalue weighted by Crippen LogP contribution is 2.27. The molecule has 3 aliphatic rings. The van der Waals surface area contributed by atoms with E-state index in [2.05, 4.69) is 5.32 Å². The lowest BCUT2D eigenvalue weighted by atomic mass is 10.1. The van der Waals surface area contributed by atoms with Crippen molar-refractivity contribution in [2.75, 3.05) is 32.7 Å². The average molecular weight is 251 g/mol. The summed E-state index contributed by atoms with van der Waals surface area (Å²) in [4.78, 5) is 27.4. The van der Waals surface area contributed by atoms with Crippen molar-refractivity contribution in [1.82, 2.24) is 15.1 Å². The van der Waals surface area contributed by atoms with Crippen LogP contribution >= 0.6 is 0 Å². The Morgan fingerprint density at radius 2 is 2.11 bits per heavy atom. The first-order valence-electron chi connectivity index (χ1n) is 7.02. The van der Waals surface area contributed by atoms with Gasteiger partial charge in [-0.1, -0.05) is 0 Å². The second kappa shape index (κ2) is 4.88. The second-order valence-corrected chi connectivity index (χ2v) is 5.69. The highest BCUT2D eigenvalue weighted by Gasteiger charge is 2.36. The Balaban J connectivity index is 1.45. The smallest absolute Gasteiger partial charge is 0.236 e. The second-order valence-electron chi connectivity index (χ2n) is 5.69. The summed E-state index contributed by atoms with van der Waals surface area (Å²) in [6, 6.07) is 0.277. The molecule has 18 heavy (non-hydrogen) atoms. The lowest BCUT2D eigenvalue weighted by molar-refractivity contribution is -0.138. The van der Waals surface area contributed by atoms with Crippen LogP contribution in [0, 0.1) is 5.92 Å². The van der Waals surface area contributed by atoms with Gasteiger partial charge in [0.15, 0.2) is 0 Å². The number of carbonyl (C=O) groups is 2. The number of piperazine rings is 1. The standard InChI is InChI=1S/C13H21N3O2/c17-12-4-3-11-9-15(5-6-16(11)12)13(18)8-14-7-10-1-2-10/h10-11,14H,1-9H2. The molecule has 1 aliphatic carbocycles. The Morgan fingerprint density at radius 3 is 2.89 bits per heavy atom. The Labute approximate surface area is 107 Å². The normalized spacial score (nSPS) is 27.6. The molecule has 0 aromatic heterocycles. The Kier molecular flexibility index (Phi) is 3.24. The maximum atomic E-state index is 12.0. The number of nitrogens with zero attached hydrogens (tertiary/aromatic N) is 2. The summed E-state index contributed by atoms with van der Waals surface area (Å²) in [5.74, 6) is 1.26. The van der Waals surface area contributed by atoms with Crippen LogP contribution in [0.1, 0.15) is 25.7 Å². The zero-order chi connectivity index (χ0) is 12.5. The van der Waals surface area contributed by atoms with Crippen molar-refractivity contribution in [2.24, 2.45) is 5.92 Å². The van der Waals surface area contributed by atoms with Crippen molar-refractivity contribution in [1.29, 1.82) is 0 Å². The van der Waals surface area contributed by atoms with Crippen molar-refractivity contribution in [2.45, 2.75) is 31.7 Å². The summed E-state index contributed by atoms with van der Waals surface area (Å²) >= 11 is 0. The van der Waals surface area contributed by atoms with Gasteiger partial charge < -0.3 is 15.1 Å². The minimum Gasteiger partial charge on any atom is -0.338 e. The van der Waals surface area contributed by atoms with E-state index in [1.165, 1.54) is 12.8 Å². The lowest BCUT2D eigenvalue weighted by Gasteiger charge is -2.37. The fourth-order valence-corrected chi connectivity index (χ4v) is 2.91. The van der Waals surface area contributed by atoms with Crippen molar-refractivity contribution in [3.05, 3.63) is 0 Å². The zero-order valence-electron chi connectivity index (χ0n) is 10.7. The van der Waals surface area contributed by atoms with Gasteiger partial charge in [-0.15, -0.1) is 0 Å². The van der Waals surface area contributed by atoms with E-state index in [9.17, 15) is 9.59 Å².